The quantitative estimate of drug-likeness (QED) is 0.517. The lowest BCUT2D eigenvalue weighted by atomic mass is 10.2. The van der Waals surface area contributed by atoms with E-state index in [1.165, 1.54) is 29.8 Å². The summed E-state index contributed by atoms with van der Waals surface area (Å²) in [5.41, 5.74) is 1.11. The maximum Gasteiger partial charge on any atom is 0.406 e. The Balaban J connectivity index is 1.80. The zero-order valence-electron chi connectivity index (χ0n) is 12.7. The van der Waals surface area contributed by atoms with E-state index < -0.39 is 6.09 Å². The van der Waals surface area contributed by atoms with Crippen LogP contribution in [0.3, 0.4) is 0 Å². The molecule has 3 rings (SSSR count). The first-order valence-electron chi connectivity index (χ1n) is 7.08. The second-order valence-electron chi connectivity index (χ2n) is 4.68. The number of ketones is 1. The van der Waals surface area contributed by atoms with Crippen molar-refractivity contribution >= 4 is 50.7 Å². The molecule has 0 bridgehead atoms. The van der Waals surface area contributed by atoms with E-state index in [-0.39, 0.29) is 5.78 Å². The largest absolute Gasteiger partial charge is 0.453 e. The lowest BCUT2D eigenvalue weighted by Crippen LogP contribution is -2.28. The molecule has 0 fully saturated rings. The van der Waals surface area contributed by atoms with Crippen LogP contribution >= 0.6 is 22.7 Å². The van der Waals surface area contributed by atoms with Gasteiger partial charge in [0, 0.05) is 13.1 Å². The molecule has 0 spiro atoms. The molecule has 0 atom stereocenters. The summed E-state index contributed by atoms with van der Waals surface area (Å²) in [4.78, 5) is 33.1. The van der Waals surface area contributed by atoms with Crippen molar-refractivity contribution in [1.82, 2.24) is 15.3 Å². The van der Waals surface area contributed by atoms with Crippen molar-refractivity contribution in [2.24, 2.45) is 0 Å². The number of alkyl carbamates (subject to hydrolysis) is 1. The van der Waals surface area contributed by atoms with Crippen molar-refractivity contribution < 1.29 is 14.3 Å². The molecule has 3 heterocycles. The highest BCUT2D eigenvalue weighted by Crippen LogP contribution is 2.26. The Bertz CT molecular complexity index is 861. The second kappa shape index (κ2) is 7.37. The van der Waals surface area contributed by atoms with E-state index in [0.717, 1.165) is 10.2 Å². The normalized spacial score (nSPS) is 10.5. The predicted molar refractivity (Wildman–Crippen MR) is 94.1 cm³/mol. The van der Waals surface area contributed by atoms with Crippen molar-refractivity contribution in [1.29, 1.82) is 0 Å². The van der Waals surface area contributed by atoms with Crippen LogP contribution in [-0.4, -0.2) is 42.0 Å². The number of aromatic nitrogens is 2. The molecule has 1 amide bonds. The van der Waals surface area contributed by atoms with Crippen LogP contribution in [0.2, 0.25) is 0 Å². The van der Waals surface area contributed by atoms with Crippen LogP contribution in [0.5, 0.6) is 0 Å². The van der Waals surface area contributed by atoms with Gasteiger partial charge in [-0.05, 0) is 22.9 Å². The molecule has 124 valence electrons. The fourth-order valence-electron chi connectivity index (χ4n) is 2.03. The van der Waals surface area contributed by atoms with Gasteiger partial charge < -0.3 is 15.4 Å². The summed E-state index contributed by atoms with van der Waals surface area (Å²) in [6.45, 7) is 0.767. The minimum Gasteiger partial charge on any atom is -0.453 e. The Morgan fingerprint density at radius 2 is 2.04 bits per heavy atom. The third-order valence-electron chi connectivity index (χ3n) is 3.13. The maximum atomic E-state index is 12.7. The number of hydrogen-bond acceptors (Lipinski definition) is 8. The van der Waals surface area contributed by atoms with Gasteiger partial charge in [0.25, 0.3) is 0 Å². The van der Waals surface area contributed by atoms with Gasteiger partial charge in [0.05, 0.1) is 22.2 Å². The summed E-state index contributed by atoms with van der Waals surface area (Å²) in [5, 5.41) is 9.30. The number of amides is 1. The van der Waals surface area contributed by atoms with Crippen LogP contribution in [0.25, 0.3) is 10.2 Å². The van der Waals surface area contributed by atoms with Gasteiger partial charge in [-0.15, -0.1) is 22.7 Å². The molecule has 0 aliphatic carbocycles. The van der Waals surface area contributed by atoms with Gasteiger partial charge in [0.2, 0.25) is 11.7 Å². The highest BCUT2D eigenvalue weighted by molar-refractivity contribution is 7.17. The molecule has 0 aliphatic rings. The van der Waals surface area contributed by atoms with E-state index in [1.54, 1.807) is 6.07 Å². The van der Waals surface area contributed by atoms with Crippen LogP contribution in [0.1, 0.15) is 15.4 Å². The maximum absolute atomic E-state index is 12.7. The summed E-state index contributed by atoms with van der Waals surface area (Å²) >= 11 is 2.82. The third-order valence-corrected chi connectivity index (χ3v) is 4.91. The molecular weight excluding hydrogens is 348 g/mol. The third kappa shape index (κ3) is 3.52. The van der Waals surface area contributed by atoms with Gasteiger partial charge in [-0.3, -0.25) is 4.79 Å². The first-order chi connectivity index (χ1) is 11.7. The van der Waals surface area contributed by atoms with Gasteiger partial charge in [-0.2, -0.15) is 0 Å². The van der Waals surface area contributed by atoms with Crippen LogP contribution in [0.15, 0.2) is 29.0 Å². The number of rotatable bonds is 6. The van der Waals surface area contributed by atoms with Gasteiger partial charge in [-0.1, -0.05) is 6.07 Å². The monoisotopic (exact) mass is 362 g/mol. The van der Waals surface area contributed by atoms with E-state index in [2.05, 4.69) is 25.3 Å². The minimum absolute atomic E-state index is 0.115. The summed E-state index contributed by atoms with van der Waals surface area (Å²) in [5.74, 6) is 0.239. The lowest BCUT2D eigenvalue weighted by molar-refractivity contribution is 0.103. The van der Waals surface area contributed by atoms with E-state index in [4.69, 9.17) is 0 Å². The topological polar surface area (TPSA) is 93.2 Å². The summed E-state index contributed by atoms with van der Waals surface area (Å²) in [6, 6.07) is 5.47. The van der Waals surface area contributed by atoms with Crippen molar-refractivity contribution in [2.45, 2.75) is 0 Å². The number of ether oxygens (including phenoxy) is 1. The van der Waals surface area contributed by atoms with Crippen molar-refractivity contribution in [3.8, 4) is 0 Å². The van der Waals surface area contributed by atoms with Crippen LogP contribution in [-0.2, 0) is 4.74 Å². The number of carbonyl (C=O) groups is 2. The molecule has 9 heteroatoms. The standard InChI is InChI=1S/C15H14N4O3S2/c1-22-15(21)17-6-5-16-14-18-9-4-8-24-13(9)11(19-14)12(20)10-3-2-7-23-10/h2-4,7-8H,5-6H2,1H3,(H,17,21)(H,16,18,19). The van der Waals surface area contributed by atoms with E-state index in [1.807, 2.05) is 22.9 Å². The number of hydrogen-bond donors (Lipinski definition) is 2. The molecule has 0 saturated carbocycles. The number of nitrogens with zero attached hydrogens (tertiary/aromatic N) is 2. The van der Waals surface area contributed by atoms with Crippen LogP contribution < -0.4 is 10.6 Å². The molecule has 2 N–H and O–H groups in total. The smallest absolute Gasteiger partial charge is 0.406 e. The predicted octanol–water partition coefficient (Wildman–Crippen LogP) is 2.75. The first kappa shape index (κ1) is 16.3. The SMILES string of the molecule is COC(=O)NCCNc1nc(C(=O)c2cccs2)c2sccc2n1. The Labute approximate surface area is 145 Å². The number of methoxy groups -OCH3 is 1. The molecule has 0 saturated heterocycles. The molecule has 0 radical (unpaired) electrons. The average Bonchev–Trinajstić information content (AvgIpc) is 3.28. The van der Waals surface area contributed by atoms with Crippen LogP contribution in [0, 0.1) is 0 Å². The van der Waals surface area contributed by atoms with Gasteiger partial charge in [0.15, 0.2) is 0 Å². The minimum atomic E-state index is -0.500. The van der Waals surface area contributed by atoms with Gasteiger partial charge in [-0.25, -0.2) is 14.8 Å². The Hall–Kier alpha value is -2.52. The Morgan fingerprint density at radius 3 is 2.79 bits per heavy atom. The molecular formula is C15H14N4O3S2. The summed E-state index contributed by atoms with van der Waals surface area (Å²) in [7, 11) is 1.30. The van der Waals surface area contributed by atoms with Crippen LogP contribution in [0.4, 0.5) is 10.7 Å². The number of anilines is 1. The first-order valence-corrected chi connectivity index (χ1v) is 8.84. The average molecular weight is 362 g/mol. The molecule has 0 aliphatic heterocycles. The highest BCUT2D eigenvalue weighted by atomic mass is 32.1. The zero-order chi connectivity index (χ0) is 16.9. The zero-order valence-corrected chi connectivity index (χ0v) is 14.4. The fourth-order valence-corrected chi connectivity index (χ4v) is 3.51. The van der Waals surface area contributed by atoms with Gasteiger partial charge >= 0.3 is 6.09 Å². The lowest BCUT2D eigenvalue weighted by Gasteiger charge is -2.08. The summed E-state index contributed by atoms with van der Waals surface area (Å²) < 4.78 is 5.26. The van der Waals surface area contributed by atoms with E-state index in [9.17, 15) is 9.59 Å². The molecule has 0 aromatic carbocycles. The van der Waals surface area contributed by atoms with Crippen molar-refractivity contribution in [2.75, 3.05) is 25.5 Å². The summed E-state index contributed by atoms with van der Waals surface area (Å²) in [6.07, 6.45) is -0.500. The molecule has 0 unspecified atom stereocenters. The molecule has 3 aromatic rings. The number of fused-ring (bicyclic) bond motifs is 1. The van der Waals surface area contributed by atoms with Crippen molar-refractivity contribution in [3.63, 3.8) is 0 Å². The molecule has 3 aromatic heterocycles. The van der Waals surface area contributed by atoms with E-state index in [0.29, 0.717) is 29.6 Å². The molecule has 7 nitrogen and oxygen atoms in total. The number of thiophene rings is 2. The number of nitrogens with one attached hydrogen (secondary N) is 2. The number of carbonyl (C=O) groups excluding carboxylic acids is 2. The Morgan fingerprint density at radius 1 is 1.17 bits per heavy atom. The van der Waals surface area contributed by atoms with Crippen molar-refractivity contribution in [3.05, 3.63) is 39.5 Å². The Kier molecular flexibility index (Phi) is 5.02. The van der Waals surface area contributed by atoms with Gasteiger partial charge in [0.1, 0.15) is 5.69 Å². The second-order valence-corrected chi connectivity index (χ2v) is 6.55. The molecule has 24 heavy (non-hydrogen) atoms. The highest BCUT2D eigenvalue weighted by Gasteiger charge is 2.18. The fraction of sp³-hybridized carbons (Fsp3) is 0.200. The van der Waals surface area contributed by atoms with E-state index >= 15 is 0 Å².